The van der Waals surface area contributed by atoms with E-state index in [1.807, 2.05) is 36.4 Å². The van der Waals surface area contributed by atoms with E-state index in [4.69, 9.17) is 5.73 Å². The molecule has 19 heavy (non-hydrogen) atoms. The molecule has 0 aliphatic rings. The SMILES string of the molecule is Cc1ccccc1S(=O)(=O)CC(N)c1ccccc1. The Balaban J connectivity index is 2.26. The van der Waals surface area contributed by atoms with E-state index in [2.05, 4.69) is 0 Å². The fourth-order valence-electron chi connectivity index (χ4n) is 2.03. The molecule has 1 unspecified atom stereocenters. The summed E-state index contributed by atoms with van der Waals surface area (Å²) in [5.74, 6) is -0.0815. The number of hydrogen-bond donors (Lipinski definition) is 1. The predicted molar refractivity (Wildman–Crippen MR) is 76.6 cm³/mol. The Morgan fingerprint density at radius 3 is 2.21 bits per heavy atom. The first kappa shape index (κ1) is 13.8. The van der Waals surface area contributed by atoms with E-state index < -0.39 is 15.9 Å². The molecule has 0 amide bonds. The third-order valence-corrected chi connectivity index (χ3v) is 4.98. The van der Waals surface area contributed by atoms with Crippen LogP contribution in [-0.2, 0) is 9.84 Å². The van der Waals surface area contributed by atoms with Gasteiger partial charge in [0.1, 0.15) is 0 Å². The van der Waals surface area contributed by atoms with Crippen molar-refractivity contribution in [3.8, 4) is 0 Å². The number of aryl methyl sites for hydroxylation is 1. The summed E-state index contributed by atoms with van der Waals surface area (Å²) in [5, 5.41) is 0. The fourth-order valence-corrected chi connectivity index (χ4v) is 3.72. The summed E-state index contributed by atoms with van der Waals surface area (Å²) in [6.45, 7) is 1.79. The summed E-state index contributed by atoms with van der Waals surface area (Å²) in [4.78, 5) is 0.362. The zero-order chi connectivity index (χ0) is 13.9. The van der Waals surface area contributed by atoms with Crippen molar-refractivity contribution < 1.29 is 8.42 Å². The van der Waals surface area contributed by atoms with Crippen molar-refractivity contribution in [1.82, 2.24) is 0 Å². The monoisotopic (exact) mass is 275 g/mol. The van der Waals surface area contributed by atoms with Crippen molar-refractivity contribution in [1.29, 1.82) is 0 Å². The molecule has 1 atom stereocenters. The van der Waals surface area contributed by atoms with Gasteiger partial charge >= 0.3 is 0 Å². The molecule has 2 aromatic rings. The first-order chi connectivity index (χ1) is 9.00. The first-order valence-corrected chi connectivity index (χ1v) is 7.75. The van der Waals surface area contributed by atoms with Gasteiger partial charge in [0.05, 0.1) is 10.6 Å². The highest BCUT2D eigenvalue weighted by Crippen LogP contribution is 2.20. The quantitative estimate of drug-likeness (QED) is 0.932. The second-order valence-corrected chi connectivity index (χ2v) is 6.57. The van der Waals surface area contributed by atoms with Gasteiger partial charge in [0, 0.05) is 6.04 Å². The molecule has 0 fully saturated rings. The predicted octanol–water partition coefficient (Wildman–Crippen LogP) is 2.47. The van der Waals surface area contributed by atoms with E-state index in [9.17, 15) is 8.42 Å². The molecule has 2 N–H and O–H groups in total. The van der Waals surface area contributed by atoms with Crippen LogP contribution in [0.25, 0.3) is 0 Å². The lowest BCUT2D eigenvalue weighted by Crippen LogP contribution is -2.22. The van der Waals surface area contributed by atoms with Gasteiger partial charge in [-0.05, 0) is 24.1 Å². The van der Waals surface area contributed by atoms with Gasteiger partial charge in [-0.2, -0.15) is 0 Å². The second kappa shape index (κ2) is 5.55. The number of benzene rings is 2. The van der Waals surface area contributed by atoms with Crippen LogP contribution in [0.5, 0.6) is 0 Å². The summed E-state index contributed by atoms with van der Waals surface area (Å²) in [7, 11) is -3.36. The van der Waals surface area contributed by atoms with E-state index in [0.29, 0.717) is 4.90 Å². The lowest BCUT2D eigenvalue weighted by atomic mass is 10.1. The minimum Gasteiger partial charge on any atom is -0.323 e. The second-order valence-electron chi connectivity index (χ2n) is 4.56. The van der Waals surface area contributed by atoms with E-state index in [-0.39, 0.29) is 5.75 Å². The van der Waals surface area contributed by atoms with Crippen molar-refractivity contribution in [3.05, 3.63) is 65.7 Å². The number of nitrogens with two attached hydrogens (primary N) is 1. The average molecular weight is 275 g/mol. The topological polar surface area (TPSA) is 60.2 Å². The standard InChI is InChI=1S/C15H17NO2S/c1-12-7-5-6-10-15(12)19(17,18)11-14(16)13-8-3-2-4-9-13/h2-10,14H,11,16H2,1H3. The molecule has 0 aliphatic heterocycles. The van der Waals surface area contributed by atoms with Crippen LogP contribution in [0.3, 0.4) is 0 Å². The van der Waals surface area contributed by atoms with Gasteiger partial charge in [0.2, 0.25) is 0 Å². The molecule has 100 valence electrons. The maximum Gasteiger partial charge on any atom is 0.180 e. The van der Waals surface area contributed by atoms with Gasteiger partial charge in [-0.1, -0.05) is 48.5 Å². The molecule has 0 bridgehead atoms. The normalized spacial score (nSPS) is 13.2. The molecule has 0 saturated carbocycles. The number of rotatable bonds is 4. The fraction of sp³-hybridized carbons (Fsp3) is 0.200. The van der Waals surface area contributed by atoms with Gasteiger partial charge in [0.15, 0.2) is 9.84 Å². The van der Waals surface area contributed by atoms with Crippen LogP contribution in [0, 0.1) is 6.92 Å². The molecule has 2 aromatic carbocycles. The molecule has 0 saturated heterocycles. The Morgan fingerprint density at radius 1 is 1.00 bits per heavy atom. The van der Waals surface area contributed by atoms with Gasteiger partial charge in [-0.15, -0.1) is 0 Å². The van der Waals surface area contributed by atoms with Crippen LogP contribution in [0.15, 0.2) is 59.5 Å². The highest BCUT2D eigenvalue weighted by atomic mass is 32.2. The molecule has 0 aromatic heterocycles. The molecule has 0 spiro atoms. The molecular formula is C15H17NO2S. The molecule has 0 heterocycles. The summed E-state index contributed by atoms with van der Waals surface area (Å²) in [6.07, 6.45) is 0. The zero-order valence-corrected chi connectivity index (χ0v) is 11.6. The van der Waals surface area contributed by atoms with Crippen molar-refractivity contribution >= 4 is 9.84 Å². The zero-order valence-electron chi connectivity index (χ0n) is 10.8. The van der Waals surface area contributed by atoms with Crippen LogP contribution in [0.2, 0.25) is 0 Å². The average Bonchev–Trinajstić information content (AvgIpc) is 2.39. The van der Waals surface area contributed by atoms with Gasteiger partial charge in [-0.25, -0.2) is 8.42 Å². The van der Waals surface area contributed by atoms with Gasteiger partial charge < -0.3 is 5.73 Å². The Labute approximate surface area is 114 Å². The highest BCUT2D eigenvalue weighted by molar-refractivity contribution is 7.91. The Morgan fingerprint density at radius 2 is 1.58 bits per heavy atom. The third kappa shape index (κ3) is 3.22. The van der Waals surface area contributed by atoms with Crippen LogP contribution in [0.4, 0.5) is 0 Å². The highest BCUT2D eigenvalue weighted by Gasteiger charge is 2.21. The minimum absolute atomic E-state index is 0.0815. The van der Waals surface area contributed by atoms with E-state index >= 15 is 0 Å². The van der Waals surface area contributed by atoms with E-state index in [0.717, 1.165) is 11.1 Å². The van der Waals surface area contributed by atoms with Gasteiger partial charge in [-0.3, -0.25) is 0 Å². The van der Waals surface area contributed by atoms with Crippen LogP contribution in [0.1, 0.15) is 17.2 Å². The first-order valence-electron chi connectivity index (χ1n) is 6.09. The van der Waals surface area contributed by atoms with E-state index in [1.165, 1.54) is 0 Å². The lowest BCUT2D eigenvalue weighted by molar-refractivity contribution is 0.588. The van der Waals surface area contributed by atoms with E-state index in [1.54, 1.807) is 25.1 Å². The smallest absolute Gasteiger partial charge is 0.180 e. The Hall–Kier alpha value is -1.65. The summed E-state index contributed by atoms with van der Waals surface area (Å²) in [5.41, 5.74) is 7.57. The van der Waals surface area contributed by atoms with Gasteiger partial charge in [0.25, 0.3) is 0 Å². The summed E-state index contributed by atoms with van der Waals surface area (Å²) < 4.78 is 24.7. The summed E-state index contributed by atoms with van der Waals surface area (Å²) in [6, 6.07) is 15.8. The molecule has 0 aliphatic carbocycles. The molecule has 3 nitrogen and oxygen atoms in total. The number of sulfone groups is 1. The minimum atomic E-state index is -3.36. The van der Waals surface area contributed by atoms with Crippen LogP contribution >= 0.6 is 0 Å². The maximum atomic E-state index is 12.4. The third-order valence-electron chi connectivity index (χ3n) is 3.06. The van der Waals surface area contributed by atoms with Crippen molar-refractivity contribution in [2.75, 3.05) is 5.75 Å². The molecule has 2 rings (SSSR count). The van der Waals surface area contributed by atoms with Crippen molar-refractivity contribution in [3.63, 3.8) is 0 Å². The summed E-state index contributed by atoms with van der Waals surface area (Å²) >= 11 is 0. The largest absolute Gasteiger partial charge is 0.323 e. The molecular weight excluding hydrogens is 258 g/mol. The molecule has 0 radical (unpaired) electrons. The Kier molecular flexibility index (Phi) is 4.02. The molecule has 4 heteroatoms. The van der Waals surface area contributed by atoms with Crippen molar-refractivity contribution in [2.45, 2.75) is 17.9 Å². The van der Waals surface area contributed by atoms with Crippen LogP contribution in [-0.4, -0.2) is 14.2 Å². The van der Waals surface area contributed by atoms with Crippen LogP contribution < -0.4 is 5.73 Å². The van der Waals surface area contributed by atoms with Crippen molar-refractivity contribution in [2.24, 2.45) is 5.73 Å². The lowest BCUT2D eigenvalue weighted by Gasteiger charge is -2.13. The number of hydrogen-bond acceptors (Lipinski definition) is 3. The maximum absolute atomic E-state index is 12.4. The Bertz CT molecular complexity index is 651.